The number of primary amides is 1. The quantitative estimate of drug-likeness (QED) is 0.539. The van der Waals surface area contributed by atoms with E-state index in [1.54, 1.807) is 12.1 Å². The van der Waals surface area contributed by atoms with E-state index in [4.69, 9.17) is 10.5 Å². The van der Waals surface area contributed by atoms with E-state index < -0.39 is 18.0 Å². The Morgan fingerprint density at radius 1 is 1.03 bits per heavy atom. The molecule has 168 valence electrons. The predicted octanol–water partition coefficient (Wildman–Crippen LogP) is 5.34. The summed E-state index contributed by atoms with van der Waals surface area (Å²) in [5.41, 5.74) is 6.58. The molecule has 8 heteroatoms. The summed E-state index contributed by atoms with van der Waals surface area (Å²) in [5, 5.41) is 5.32. The molecular formula is C24H24F3N3O2. The second kappa shape index (κ2) is 9.16. The van der Waals surface area contributed by atoms with Gasteiger partial charge in [-0.1, -0.05) is 30.3 Å². The second-order valence-electron chi connectivity index (χ2n) is 8.09. The SMILES string of the molecule is NC(=O)c1ccc(Oc2cccc3c(CNC4CCC(C(F)(F)F)CC4)cccc23)nc1. The lowest BCUT2D eigenvalue weighted by molar-refractivity contribution is -0.182. The number of carbonyl (C=O) groups is 1. The average molecular weight is 443 g/mol. The van der Waals surface area contributed by atoms with Crippen LogP contribution in [-0.2, 0) is 6.54 Å². The number of aromatic nitrogens is 1. The number of benzene rings is 2. The van der Waals surface area contributed by atoms with E-state index in [-0.39, 0.29) is 18.9 Å². The van der Waals surface area contributed by atoms with Crippen LogP contribution in [-0.4, -0.2) is 23.1 Å². The maximum absolute atomic E-state index is 12.9. The summed E-state index contributed by atoms with van der Waals surface area (Å²) >= 11 is 0. The highest BCUT2D eigenvalue weighted by molar-refractivity contribution is 5.92. The van der Waals surface area contributed by atoms with E-state index in [0.717, 1.165) is 16.3 Å². The summed E-state index contributed by atoms with van der Waals surface area (Å²) in [6.45, 7) is 0.563. The van der Waals surface area contributed by atoms with Crippen molar-refractivity contribution in [2.24, 2.45) is 11.7 Å². The Kier molecular flexibility index (Phi) is 6.32. The highest BCUT2D eigenvalue weighted by atomic mass is 19.4. The molecule has 1 aromatic heterocycles. The van der Waals surface area contributed by atoms with Crippen LogP contribution in [0, 0.1) is 5.92 Å². The summed E-state index contributed by atoms with van der Waals surface area (Å²) in [6.07, 6.45) is -1.32. The van der Waals surface area contributed by atoms with Gasteiger partial charge in [-0.15, -0.1) is 0 Å². The van der Waals surface area contributed by atoms with E-state index in [9.17, 15) is 18.0 Å². The molecule has 0 bridgehead atoms. The number of nitrogens with one attached hydrogen (secondary N) is 1. The molecule has 0 radical (unpaired) electrons. The first kappa shape index (κ1) is 22.1. The number of hydrogen-bond donors (Lipinski definition) is 2. The van der Waals surface area contributed by atoms with Crippen LogP contribution in [0.2, 0.25) is 0 Å². The van der Waals surface area contributed by atoms with Gasteiger partial charge in [-0.2, -0.15) is 13.2 Å². The molecular weight excluding hydrogens is 419 g/mol. The number of halogens is 3. The lowest BCUT2D eigenvalue weighted by atomic mass is 9.85. The van der Waals surface area contributed by atoms with Crippen molar-refractivity contribution in [2.75, 3.05) is 0 Å². The molecule has 0 spiro atoms. The van der Waals surface area contributed by atoms with Crippen molar-refractivity contribution in [3.63, 3.8) is 0 Å². The molecule has 0 aliphatic heterocycles. The molecule has 0 unspecified atom stereocenters. The minimum atomic E-state index is -4.09. The van der Waals surface area contributed by atoms with Crippen LogP contribution < -0.4 is 15.8 Å². The number of alkyl halides is 3. The van der Waals surface area contributed by atoms with Crippen LogP contribution in [0.1, 0.15) is 41.6 Å². The van der Waals surface area contributed by atoms with Crippen LogP contribution in [0.3, 0.4) is 0 Å². The van der Waals surface area contributed by atoms with Gasteiger partial charge in [0.2, 0.25) is 11.8 Å². The number of fused-ring (bicyclic) bond motifs is 1. The molecule has 32 heavy (non-hydrogen) atoms. The summed E-state index contributed by atoms with van der Waals surface area (Å²) in [4.78, 5) is 15.3. The molecule has 3 aromatic rings. The second-order valence-corrected chi connectivity index (χ2v) is 8.09. The lowest BCUT2D eigenvalue weighted by Gasteiger charge is -2.30. The van der Waals surface area contributed by atoms with Gasteiger partial charge in [0.1, 0.15) is 5.75 Å². The maximum Gasteiger partial charge on any atom is 0.391 e. The van der Waals surface area contributed by atoms with Gasteiger partial charge >= 0.3 is 6.18 Å². The zero-order valence-electron chi connectivity index (χ0n) is 17.4. The van der Waals surface area contributed by atoms with Gasteiger partial charge in [-0.3, -0.25) is 4.79 Å². The van der Waals surface area contributed by atoms with Gasteiger partial charge in [0, 0.05) is 30.2 Å². The number of nitrogens with zero attached hydrogens (tertiary/aromatic N) is 1. The summed E-state index contributed by atoms with van der Waals surface area (Å²) < 4.78 is 44.6. The van der Waals surface area contributed by atoms with Gasteiger partial charge in [0.05, 0.1) is 11.5 Å². The van der Waals surface area contributed by atoms with Crippen molar-refractivity contribution >= 4 is 16.7 Å². The first-order chi connectivity index (χ1) is 15.3. The zero-order valence-corrected chi connectivity index (χ0v) is 17.4. The smallest absolute Gasteiger partial charge is 0.391 e. The van der Waals surface area contributed by atoms with Gasteiger partial charge in [0.25, 0.3) is 0 Å². The number of amides is 1. The Labute approximate surface area is 183 Å². The third kappa shape index (κ3) is 5.02. The largest absolute Gasteiger partial charge is 0.438 e. The average Bonchev–Trinajstić information content (AvgIpc) is 2.78. The van der Waals surface area contributed by atoms with E-state index in [1.807, 2.05) is 36.4 Å². The van der Waals surface area contributed by atoms with E-state index >= 15 is 0 Å². The van der Waals surface area contributed by atoms with Gasteiger partial charge in [-0.05, 0) is 48.8 Å². The van der Waals surface area contributed by atoms with Gasteiger partial charge in [-0.25, -0.2) is 4.98 Å². The lowest BCUT2D eigenvalue weighted by Crippen LogP contribution is -2.36. The standard InChI is InChI=1S/C24H24F3N3O2/c25-24(26,27)17-8-10-18(11-9-17)29-13-15-3-1-5-20-19(15)4-2-6-21(20)32-22-12-7-16(14-30-22)23(28)31/h1-7,12,14,17-18,29H,8-11,13H2,(H2,28,31). The maximum atomic E-state index is 12.9. The first-order valence-corrected chi connectivity index (χ1v) is 10.6. The van der Waals surface area contributed by atoms with Crippen LogP contribution in [0.25, 0.3) is 10.8 Å². The molecule has 0 atom stereocenters. The molecule has 0 saturated heterocycles. The predicted molar refractivity (Wildman–Crippen MR) is 115 cm³/mol. The van der Waals surface area contributed by atoms with Crippen molar-refractivity contribution < 1.29 is 22.7 Å². The first-order valence-electron chi connectivity index (χ1n) is 10.6. The molecule has 1 aliphatic carbocycles. The normalized spacial score (nSPS) is 19.1. The highest BCUT2D eigenvalue weighted by Crippen LogP contribution is 2.37. The third-order valence-corrected chi connectivity index (χ3v) is 5.98. The summed E-state index contributed by atoms with van der Waals surface area (Å²) in [7, 11) is 0. The number of rotatable bonds is 6. The molecule has 1 fully saturated rings. The Morgan fingerprint density at radius 3 is 2.41 bits per heavy atom. The fourth-order valence-electron chi connectivity index (χ4n) is 4.17. The number of carbonyl (C=O) groups excluding carboxylic acids is 1. The Balaban J connectivity index is 1.46. The highest BCUT2D eigenvalue weighted by Gasteiger charge is 2.41. The zero-order chi connectivity index (χ0) is 22.7. The Bertz CT molecular complexity index is 1090. The number of hydrogen-bond acceptors (Lipinski definition) is 4. The van der Waals surface area contributed by atoms with Crippen molar-refractivity contribution in [1.82, 2.24) is 10.3 Å². The molecule has 1 amide bonds. The minimum Gasteiger partial charge on any atom is -0.438 e. The fourth-order valence-corrected chi connectivity index (χ4v) is 4.17. The molecule has 1 saturated carbocycles. The van der Waals surface area contributed by atoms with Gasteiger partial charge in [0.15, 0.2) is 0 Å². The molecule has 1 heterocycles. The van der Waals surface area contributed by atoms with E-state index in [2.05, 4.69) is 10.3 Å². The third-order valence-electron chi connectivity index (χ3n) is 5.98. The molecule has 4 rings (SSSR count). The Morgan fingerprint density at radius 2 is 1.75 bits per heavy atom. The van der Waals surface area contributed by atoms with Gasteiger partial charge < -0.3 is 15.8 Å². The van der Waals surface area contributed by atoms with E-state index in [0.29, 0.717) is 36.6 Å². The molecule has 1 aliphatic rings. The summed E-state index contributed by atoms with van der Waals surface area (Å²) in [5.74, 6) is -0.775. The van der Waals surface area contributed by atoms with Crippen LogP contribution in [0.5, 0.6) is 11.6 Å². The Hall–Kier alpha value is -3.13. The van der Waals surface area contributed by atoms with Crippen molar-refractivity contribution in [1.29, 1.82) is 0 Å². The van der Waals surface area contributed by atoms with Crippen LogP contribution in [0.15, 0.2) is 54.7 Å². The molecule has 2 aromatic carbocycles. The molecule has 5 nitrogen and oxygen atoms in total. The topological polar surface area (TPSA) is 77.2 Å². The fraction of sp³-hybridized carbons (Fsp3) is 0.333. The van der Waals surface area contributed by atoms with Crippen LogP contribution >= 0.6 is 0 Å². The number of ether oxygens (including phenoxy) is 1. The number of nitrogens with two attached hydrogens (primary N) is 1. The van der Waals surface area contributed by atoms with Crippen molar-refractivity contribution in [3.05, 3.63) is 65.9 Å². The van der Waals surface area contributed by atoms with E-state index in [1.165, 1.54) is 6.20 Å². The molecule has 3 N–H and O–H groups in total. The minimum absolute atomic E-state index is 0.0799. The summed E-state index contributed by atoms with van der Waals surface area (Å²) in [6, 6.07) is 14.8. The monoisotopic (exact) mass is 443 g/mol. The van der Waals surface area contributed by atoms with Crippen molar-refractivity contribution in [2.45, 2.75) is 44.4 Å². The number of pyridine rings is 1. The van der Waals surface area contributed by atoms with Crippen LogP contribution in [0.4, 0.5) is 13.2 Å². The van der Waals surface area contributed by atoms with Crippen molar-refractivity contribution in [3.8, 4) is 11.6 Å².